The van der Waals surface area contributed by atoms with Gasteiger partial charge >= 0.3 is 0 Å². The van der Waals surface area contributed by atoms with Crippen molar-refractivity contribution < 1.29 is 0 Å². The molecular formula is C14H16BrN3. The number of fused-ring (bicyclic) bond motifs is 1. The number of benzene rings is 1. The van der Waals surface area contributed by atoms with Crippen molar-refractivity contribution in [1.29, 1.82) is 0 Å². The fourth-order valence-electron chi connectivity index (χ4n) is 2.61. The summed E-state index contributed by atoms with van der Waals surface area (Å²) >= 11 is 3.63. The third kappa shape index (κ3) is 2.10. The summed E-state index contributed by atoms with van der Waals surface area (Å²) < 4.78 is 1.24. The lowest BCUT2D eigenvalue weighted by Gasteiger charge is -2.14. The lowest BCUT2D eigenvalue weighted by molar-refractivity contribution is 0.529. The number of nitrogens with zero attached hydrogens (tertiary/aromatic N) is 1. The average Bonchev–Trinajstić information content (AvgIpc) is 2.94. The number of hydrogen-bond donors (Lipinski definition) is 2. The van der Waals surface area contributed by atoms with E-state index in [2.05, 4.69) is 56.6 Å². The van der Waals surface area contributed by atoms with E-state index in [1.165, 1.54) is 27.6 Å². The van der Waals surface area contributed by atoms with Crippen LogP contribution in [0.5, 0.6) is 0 Å². The number of halogens is 1. The van der Waals surface area contributed by atoms with E-state index in [1.54, 1.807) is 0 Å². The molecule has 1 aliphatic carbocycles. The Hall–Kier alpha value is -1.13. The van der Waals surface area contributed by atoms with E-state index in [-0.39, 0.29) is 0 Å². The summed E-state index contributed by atoms with van der Waals surface area (Å²) in [7, 11) is 0. The standard InChI is InChI=1S/C14H16BrN3/c1-9-10(8-17-18-9)7-16-14-6-5-11-12(14)3-2-4-13(11)15/h2-4,8,14,16H,5-7H2,1H3,(H,17,18). The molecule has 94 valence electrons. The number of nitrogens with one attached hydrogen (secondary N) is 2. The van der Waals surface area contributed by atoms with E-state index in [9.17, 15) is 0 Å². The highest BCUT2D eigenvalue weighted by Gasteiger charge is 2.23. The molecule has 1 aromatic heterocycles. The van der Waals surface area contributed by atoms with Gasteiger partial charge in [0.1, 0.15) is 0 Å². The van der Waals surface area contributed by atoms with Gasteiger partial charge < -0.3 is 5.32 Å². The summed E-state index contributed by atoms with van der Waals surface area (Å²) in [6.07, 6.45) is 4.23. The Kier molecular flexibility index (Phi) is 3.22. The lowest BCUT2D eigenvalue weighted by Crippen LogP contribution is -2.18. The van der Waals surface area contributed by atoms with Crippen molar-refractivity contribution in [2.75, 3.05) is 0 Å². The highest BCUT2D eigenvalue weighted by Crippen LogP contribution is 2.35. The molecule has 1 aliphatic rings. The molecule has 3 rings (SSSR count). The summed E-state index contributed by atoms with van der Waals surface area (Å²) in [5.74, 6) is 0. The molecule has 1 atom stereocenters. The fourth-order valence-corrected chi connectivity index (χ4v) is 3.19. The minimum absolute atomic E-state index is 0.465. The minimum Gasteiger partial charge on any atom is -0.306 e. The molecule has 0 spiro atoms. The van der Waals surface area contributed by atoms with Gasteiger partial charge in [0.25, 0.3) is 0 Å². The van der Waals surface area contributed by atoms with Crippen LogP contribution in [0.1, 0.15) is 34.8 Å². The van der Waals surface area contributed by atoms with Crippen LogP contribution < -0.4 is 5.32 Å². The number of aromatic nitrogens is 2. The molecule has 1 aromatic carbocycles. The summed E-state index contributed by atoms with van der Waals surface area (Å²) in [6.45, 7) is 2.93. The van der Waals surface area contributed by atoms with Crippen molar-refractivity contribution in [1.82, 2.24) is 15.5 Å². The van der Waals surface area contributed by atoms with E-state index in [4.69, 9.17) is 0 Å². The van der Waals surface area contributed by atoms with Crippen molar-refractivity contribution in [2.45, 2.75) is 32.4 Å². The molecule has 1 heterocycles. The molecule has 0 radical (unpaired) electrons. The lowest BCUT2D eigenvalue weighted by atomic mass is 10.1. The third-order valence-electron chi connectivity index (χ3n) is 3.69. The number of rotatable bonds is 3. The largest absolute Gasteiger partial charge is 0.306 e. The molecule has 0 fully saturated rings. The monoisotopic (exact) mass is 305 g/mol. The Morgan fingerprint density at radius 3 is 3.17 bits per heavy atom. The molecule has 0 bridgehead atoms. The van der Waals surface area contributed by atoms with E-state index in [0.29, 0.717) is 6.04 Å². The van der Waals surface area contributed by atoms with E-state index >= 15 is 0 Å². The first-order valence-electron chi connectivity index (χ1n) is 6.25. The van der Waals surface area contributed by atoms with Crippen molar-refractivity contribution in [3.63, 3.8) is 0 Å². The molecule has 2 N–H and O–H groups in total. The minimum atomic E-state index is 0.465. The average molecular weight is 306 g/mol. The Balaban J connectivity index is 1.74. The van der Waals surface area contributed by atoms with Gasteiger partial charge in [-0.15, -0.1) is 0 Å². The van der Waals surface area contributed by atoms with E-state index in [0.717, 1.165) is 18.7 Å². The highest BCUT2D eigenvalue weighted by atomic mass is 79.9. The van der Waals surface area contributed by atoms with Crippen LogP contribution >= 0.6 is 15.9 Å². The third-order valence-corrected chi connectivity index (χ3v) is 4.43. The number of H-pyrrole nitrogens is 1. The van der Waals surface area contributed by atoms with Crippen LogP contribution in [0, 0.1) is 6.92 Å². The summed E-state index contributed by atoms with van der Waals surface area (Å²) in [5.41, 5.74) is 5.29. The van der Waals surface area contributed by atoms with Crippen LogP contribution in [0.2, 0.25) is 0 Å². The smallest absolute Gasteiger partial charge is 0.0535 e. The molecule has 0 saturated carbocycles. The van der Waals surface area contributed by atoms with Crippen LogP contribution in [-0.4, -0.2) is 10.2 Å². The van der Waals surface area contributed by atoms with Crippen LogP contribution in [0.25, 0.3) is 0 Å². The quantitative estimate of drug-likeness (QED) is 0.914. The van der Waals surface area contributed by atoms with Gasteiger partial charge in [0.05, 0.1) is 6.20 Å². The predicted octanol–water partition coefficient (Wildman–Crippen LogP) is 3.26. The second-order valence-electron chi connectivity index (χ2n) is 4.80. The Labute approximate surface area is 115 Å². The van der Waals surface area contributed by atoms with Crippen LogP contribution in [0.4, 0.5) is 0 Å². The zero-order valence-electron chi connectivity index (χ0n) is 10.3. The van der Waals surface area contributed by atoms with Gasteiger partial charge in [0.2, 0.25) is 0 Å². The molecule has 0 saturated heterocycles. The van der Waals surface area contributed by atoms with E-state index < -0.39 is 0 Å². The first-order valence-corrected chi connectivity index (χ1v) is 7.04. The first kappa shape index (κ1) is 11.9. The number of aryl methyl sites for hydroxylation is 1. The molecular weight excluding hydrogens is 290 g/mol. The number of hydrogen-bond acceptors (Lipinski definition) is 2. The Morgan fingerprint density at radius 2 is 2.39 bits per heavy atom. The summed E-state index contributed by atoms with van der Waals surface area (Å²) in [6, 6.07) is 6.94. The molecule has 2 aromatic rings. The fraction of sp³-hybridized carbons (Fsp3) is 0.357. The maximum atomic E-state index is 4.05. The first-order chi connectivity index (χ1) is 8.75. The van der Waals surface area contributed by atoms with Gasteiger partial charge in [-0.25, -0.2) is 0 Å². The second-order valence-corrected chi connectivity index (χ2v) is 5.65. The van der Waals surface area contributed by atoms with Crippen LogP contribution in [-0.2, 0) is 13.0 Å². The zero-order chi connectivity index (χ0) is 12.5. The van der Waals surface area contributed by atoms with Crippen molar-refractivity contribution in [3.05, 3.63) is 51.3 Å². The number of aromatic amines is 1. The maximum absolute atomic E-state index is 4.05. The summed E-state index contributed by atoms with van der Waals surface area (Å²) in [5, 5.41) is 10.7. The zero-order valence-corrected chi connectivity index (χ0v) is 11.9. The molecule has 4 heteroatoms. The molecule has 0 amide bonds. The normalized spacial score (nSPS) is 18.0. The topological polar surface area (TPSA) is 40.7 Å². The molecule has 3 nitrogen and oxygen atoms in total. The Morgan fingerprint density at radius 1 is 1.50 bits per heavy atom. The highest BCUT2D eigenvalue weighted by molar-refractivity contribution is 9.10. The van der Waals surface area contributed by atoms with E-state index in [1.807, 2.05) is 6.20 Å². The SMILES string of the molecule is Cc1[nH]ncc1CNC1CCc2c(Br)cccc21. The van der Waals surface area contributed by atoms with Gasteiger partial charge in [0, 0.05) is 28.3 Å². The van der Waals surface area contributed by atoms with Gasteiger partial charge in [0.15, 0.2) is 0 Å². The van der Waals surface area contributed by atoms with Crippen molar-refractivity contribution in [2.24, 2.45) is 0 Å². The van der Waals surface area contributed by atoms with Gasteiger partial charge in [-0.05, 0) is 37.0 Å². The predicted molar refractivity (Wildman–Crippen MR) is 75.4 cm³/mol. The molecule has 1 unspecified atom stereocenters. The molecule has 0 aliphatic heterocycles. The van der Waals surface area contributed by atoms with Gasteiger partial charge in [-0.1, -0.05) is 28.1 Å². The van der Waals surface area contributed by atoms with Crippen molar-refractivity contribution in [3.8, 4) is 0 Å². The maximum Gasteiger partial charge on any atom is 0.0535 e. The molecule has 18 heavy (non-hydrogen) atoms. The second kappa shape index (κ2) is 4.86. The Bertz CT molecular complexity index is 562. The summed E-state index contributed by atoms with van der Waals surface area (Å²) in [4.78, 5) is 0. The van der Waals surface area contributed by atoms with Gasteiger partial charge in [-0.2, -0.15) is 5.10 Å². The van der Waals surface area contributed by atoms with Crippen LogP contribution in [0.3, 0.4) is 0 Å². The van der Waals surface area contributed by atoms with Crippen LogP contribution in [0.15, 0.2) is 28.9 Å². The van der Waals surface area contributed by atoms with Gasteiger partial charge in [-0.3, -0.25) is 5.10 Å². The van der Waals surface area contributed by atoms with Crippen molar-refractivity contribution >= 4 is 15.9 Å².